The number of aromatic carboxylic acids is 1. The van der Waals surface area contributed by atoms with E-state index in [0.29, 0.717) is 16.3 Å². The normalized spacial score (nSPS) is 10.4. The minimum absolute atomic E-state index is 0.0638. The molecule has 0 radical (unpaired) electrons. The standard InChI is InChI=1S/C15H15NO4S/c1-9(2)20-11-5-3-10(4-6-11)13(17)16-14-12(15(18)19)7-8-21-14/h3-9H,1-2H3,(H,16,17)(H,18,19). The molecule has 0 aliphatic carbocycles. The van der Waals surface area contributed by atoms with E-state index in [2.05, 4.69) is 5.32 Å². The zero-order chi connectivity index (χ0) is 15.4. The number of carboxylic acid groups (broad SMARTS) is 1. The first-order valence-corrected chi connectivity index (χ1v) is 7.24. The van der Waals surface area contributed by atoms with Gasteiger partial charge >= 0.3 is 5.97 Å². The molecule has 21 heavy (non-hydrogen) atoms. The summed E-state index contributed by atoms with van der Waals surface area (Å²) >= 11 is 1.17. The van der Waals surface area contributed by atoms with E-state index in [1.54, 1.807) is 29.6 Å². The van der Waals surface area contributed by atoms with Gasteiger partial charge < -0.3 is 15.2 Å². The van der Waals surface area contributed by atoms with E-state index in [9.17, 15) is 9.59 Å². The Labute approximate surface area is 126 Å². The third-order valence-electron chi connectivity index (χ3n) is 2.61. The summed E-state index contributed by atoms with van der Waals surface area (Å²) in [5.74, 6) is -0.729. The molecule has 1 aromatic heterocycles. The molecule has 0 atom stereocenters. The SMILES string of the molecule is CC(C)Oc1ccc(C(=O)Nc2sccc2C(=O)O)cc1. The maximum Gasteiger partial charge on any atom is 0.338 e. The van der Waals surface area contributed by atoms with Gasteiger partial charge in [0, 0.05) is 5.56 Å². The van der Waals surface area contributed by atoms with Gasteiger partial charge in [-0.25, -0.2) is 4.79 Å². The Morgan fingerprint density at radius 2 is 1.86 bits per heavy atom. The van der Waals surface area contributed by atoms with Gasteiger partial charge in [0.05, 0.1) is 11.7 Å². The maximum atomic E-state index is 12.1. The number of hydrogen-bond acceptors (Lipinski definition) is 4. The number of ether oxygens (including phenoxy) is 1. The van der Waals surface area contributed by atoms with E-state index in [4.69, 9.17) is 9.84 Å². The smallest absolute Gasteiger partial charge is 0.338 e. The molecule has 0 spiro atoms. The second-order valence-corrected chi connectivity index (χ2v) is 5.53. The summed E-state index contributed by atoms with van der Waals surface area (Å²) in [5, 5.41) is 13.6. The topological polar surface area (TPSA) is 75.6 Å². The van der Waals surface area contributed by atoms with E-state index in [1.807, 2.05) is 13.8 Å². The minimum atomic E-state index is -1.06. The molecule has 2 rings (SSSR count). The Kier molecular flexibility index (Phi) is 4.59. The molecule has 0 aliphatic rings. The van der Waals surface area contributed by atoms with Crippen LogP contribution in [0.4, 0.5) is 5.00 Å². The fourth-order valence-electron chi connectivity index (χ4n) is 1.71. The number of hydrogen-bond donors (Lipinski definition) is 2. The van der Waals surface area contributed by atoms with Crippen LogP contribution in [-0.2, 0) is 0 Å². The van der Waals surface area contributed by atoms with Crippen LogP contribution in [0.15, 0.2) is 35.7 Å². The minimum Gasteiger partial charge on any atom is -0.491 e. The summed E-state index contributed by atoms with van der Waals surface area (Å²) in [6.07, 6.45) is 0.0638. The lowest BCUT2D eigenvalue weighted by Gasteiger charge is -2.10. The fourth-order valence-corrected chi connectivity index (χ4v) is 2.48. The van der Waals surface area contributed by atoms with Gasteiger partial charge in [-0.15, -0.1) is 11.3 Å². The highest BCUT2D eigenvalue weighted by molar-refractivity contribution is 7.14. The van der Waals surface area contributed by atoms with Gasteiger partial charge in [0.2, 0.25) is 0 Å². The van der Waals surface area contributed by atoms with Crippen LogP contribution < -0.4 is 10.1 Å². The van der Waals surface area contributed by atoms with Crippen LogP contribution in [0, 0.1) is 0 Å². The van der Waals surface area contributed by atoms with Gasteiger partial charge in [-0.05, 0) is 49.6 Å². The molecule has 0 bridgehead atoms. The summed E-state index contributed by atoms with van der Waals surface area (Å²) in [7, 11) is 0. The van der Waals surface area contributed by atoms with E-state index < -0.39 is 5.97 Å². The van der Waals surface area contributed by atoms with E-state index >= 15 is 0 Å². The first-order valence-electron chi connectivity index (χ1n) is 6.36. The van der Waals surface area contributed by atoms with Gasteiger partial charge in [0.25, 0.3) is 5.91 Å². The van der Waals surface area contributed by atoms with Gasteiger partial charge in [-0.1, -0.05) is 0 Å². The molecule has 0 aliphatic heterocycles. The molecule has 0 fully saturated rings. The van der Waals surface area contributed by atoms with Crippen LogP contribution in [0.1, 0.15) is 34.6 Å². The Hall–Kier alpha value is -2.34. The van der Waals surface area contributed by atoms with Crippen molar-refractivity contribution in [2.75, 3.05) is 5.32 Å². The molecule has 1 aromatic carbocycles. The highest BCUT2D eigenvalue weighted by Crippen LogP contribution is 2.24. The van der Waals surface area contributed by atoms with Crippen molar-refractivity contribution >= 4 is 28.2 Å². The van der Waals surface area contributed by atoms with Crippen molar-refractivity contribution in [2.45, 2.75) is 20.0 Å². The Morgan fingerprint density at radius 3 is 2.43 bits per heavy atom. The van der Waals surface area contributed by atoms with Crippen molar-refractivity contribution in [1.29, 1.82) is 0 Å². The molecule has 0 unspecified atom stereocenters. The number of rotatable bonds is 5. The number of carbonyl (C=O) groups is 2. The molecule has 5 nitrogen and oxygen atoms in total. The van der Waals surface area contributed by atoms with Crippen molar-refractivity contribution in [3.8, 4) is 5.75 Å². The third-order valence-corrected chi connectivity index (χ3v) is 3.44. The zero-order valence-corrected chi connectivity index (χ0v) is 12.4. The lowest BCUT2D eigenvalue weighted by molar-refractivity contribution is 0.0698. The average Bonchev–Trinajstić information content (AvgIpc) is 2.87. The number of thiophene rings is 1. The van der Waals surface area contributed by atoms with Crippen molar-refractivity contribution < 1.29 is 19.4 Å². The molecule has 1 amide bonds. The summed E-state index contributed by atoms with van der Waals surface area (Å²) in [6, 6.07) is 8.16. The molecule has 0 saturated carbocycles. The molecule has 6 heteroatoms. The molecular weight excluding hydrogens is 290 g/mol. The van der Waals surface area contributed by atoms with Crippen molar-refractivity contribution in [3.05, 3.63) is 46.8 Å². The molecular formula is C15H15NO4S. The van der Waals surface area contributed by atoms with Crippen molar-refractivity contribution in [1.82, 2.24) is 0 Å². The number of nitrogens with one attached hydrogen (secondary N) is 1. The maximum absolute atomic E-state index is 12.1. The quantitative estimate of drug-likeness (QED) is 0.886. The lowest BCUT2D eigenvalue weighted by atomic mass is 10.2. The van der Waals surface area contributed by atoms with E-state index in [0.717, 1.165) is 0 Å². The molecule has 0 saturated heterocycles. The number of amides is 1. The second-order valence-electron chi connectivity index (χ2n) is 4.61. The highest BCUT2D eigenvalue weighted by Gasteiger charge is 2.14. The predicted octanol–water partition coefficient (Wildman–Crippen LogP) is 3.49. The zero-order valence-electron chi connectivity index (χ0n) is 11.6. The van der Waals surface area contributed by atoms with Gasteiger partial charge in [-0.2, -0.15) is 0 Å². The predicted molar refractivity (Wildman–Crippen MR) is 81.4 cm³/mol. The number of carboxylic acids is 1. The summed E-state index contributed by atoms with van der Waals surface area (Å²) in [4.78, 5) is 23.1. The number of carbonyl (C=O) groups excluding carboxylic acids is 1. The van der Waals surface area contributed by atoms with Crippen LogP contribution in [0.3, 0.4) is 0 Å². The lowest BCUT2D eigenvalue weighted by Crippen LogP contribution is -2.13. The van der Waals surface area contributed by atoms with Crippen LogP contribution in [0.25, 0.3) is 0 Å². The highest BCUT2D eigenvalue weighted by atomic mass is 32.1. The number of benzene rings is 1. The van der Waals surface area contributed by atoms with Crippen molar-refractivity contribution in [3.63, 3.8) is 0 Å². The fraction of sp³-hybridized carbons (Fsp3) is 0.200. The van der Waals surface area contributed by atoms with Crippen LogP contribution in [0.5, 0.6) is 5.75 Å². The molecule has 2 N–H and O–H groups in total. The van der Waals surface area contributed by atoms with Gasteiger partial charge in [0.1, 0.15) is 10.8 Å². The third kappa shape index (κ3) is 3.82. The molecule has 2 aromatic rings. The van der Waals surface area contributed by atoms with Crippen molar-refractivity contribution in [2.24, 2.45) is 0 Å². The summed E-state index contributed by atoms with van der Waals surface area (Å²) < 4.78 is 5.50. The first kappa shape index (κ1) is 15.1. The average molecular weight is 305 g/mol. The summed E-state index contributed by atoms with van der Waals surface area (Å²) in [6.45, 7) is 3.84. The Balaban J connectivity index is 2.10. The van der Waals surface area contributed by atoms with E-state index in [1.165, 1.54) is 17.4 Å². The second kappa shape index (κ2) is 6.41. The van der Waals surface area contributed by atoms with Crippen LogP contribution in [0.2, 0.25) is 0 Å². The number of anilines is 1. The van der Waals surface area contributed by atoms with Gasteiger partial charge in [-0.3, -0.25) is 4.79 Å². The monoisotopic (exact) mass is 305 g/mol. The Bertz CT molecular complexity index is 646. The largest absolute Gasteiger partial charge is 0.491 e. The Morgan fingerprint density at radius 1 is 1.19 bits per heavy atom. The van der Waals surface area contributed by atoms with Gasteiger partial charge in [0.15, 0.2) is 0 Å². The molecule has 110 valence electrons. The van der Waals surface area contributed by atoms with Crippen LogP contribution in [-0.4, -0.2) is 23.1 Å². The summed E-state index contributed by atoms with van der Waals surface area (Å²) in [5.41, 5.74) is 0.531. The van der Waals surface area contributed by atoms with E-state index in [-0.39, 0.29) is 17.6 Å². The van der Waals surface area contributed by atoms with Crippen LogP contribution >= 0.6 is 11.3 Å². The first-order chi connectivity index (χ1) is 9.97. The molecule has 1 heterocycles.